The molecule has 0 aliphatic carbocycles. The fourth-order valence-electron chi connectivity index (χ4n) is 1.55. The fraction of sp³-hybridized carbons (Fsp3) is 0.800. The van der Waals surface area contributed by atoms with Crippen LogP contribution in [0.25, 0.3) is 0 Å². The molecule has 106 valence electrons. The first kappa shape index (κ1) is 17.3. The van der Waals surface area contributed by atoms with Crippen molar-refractivity contribution in [3.05, 3.63) is 0 Å². The van der Waals surface area contributed by atoms with Gasteiger partial charge in [-0.2, -0.15) is 0 Å². The molecule has 0 N–H and O–H groups in total. The summed E-state index contributed by atoms with van der Waals surface area (Å²) in [5, 5.41) is 0. The van der Waals surface area contributed by atoms with E-state index in [0.29, 0.717) is 18.9 Å². The molecule has 18 heavy (non-hydrogen) atoms. The van der Waals surface area contributed by atoms with Crippen LogP contribution in [0.2, 0.25) is 12.2 Å². The molecule has 0 fully saturated rings. The predicted molar refractivity (Wildman–Crippen MR) is 70.4 cm³/mol. The van der Waals surface area contributed by atoms with Gasteiger partial charge in [-0.25, -0.2) is 0 Å². The molecule has 0 saturated heterocycles. The lowest BCUT2D eigenvalue weighted by Gasteiger charge is -2.28. The Balaban J connectivity index is 4.66. The molecule has 0 rings (SSSR count). The highest BCUT2D eigenvalue weighted by Crippen LogP contribution is 2.17. The van der Waals surface area contributed by atoms with Gasteiger partial charge in [0.05, 0.1) is 5.67 Å². The van der Waals surface area contributed by atoms with E-state index in [0.717, 1.165) is 0 Å². The highest BCUT2D eigenvalue weighted by atomic mass is 28.4. The molecule has 0 atom stereocenters. The van der Waals surface area contributed by atoms with Crippen molar-refractivity contribution in [1.29, 1.82) is 0 Å². The molecule has 0 saturated carbocycles. The molecule has 0 heterocycles. The van der Waals surface area contributed by atoms with Crippen molar-refractivity contribution >= 4 is 29.8 Å². The first-order valence-corrected chi connectivity index (χ1v) is 10.2. The van der Waals surface area contributed by atoms with E-state index in [1.54, 1.807) is 0 Å². The Hall–Kier alpha value is -0.706. The Kier molecular flexibility index (Phi) is 8.08. The van der Waals surface area contributed by atoms with E-state index < -0.39 is 29.8 Å². The van der Waals surface area contributed by atoms with E-state index in [9.17, 15) is 9.59 Å². The van der Waals surface area contributed by atoms with E-state index in [1.165, 1.54) is 13.8 Å². The van der Waals surface area contributed by atoms with Crippen LogP contribution in [0.5, 0.6) is 0 Å². The molecule has 0 unspecified atom stereocenters. The Morgan fingerprint density at radius 1 is 1.00 bits per heavy atom. The van der Waals surface area contributed by atoms with Gasteiger partial charge in [-0.3, -0.25) is 9.59 Å². The lowest BCUT2D eigenvalue weighted by Crippen LogP contribution is -2.46. The van der Waals surface area contributed by atoms with Gasteiger partial charge in [-0.15, -0.1) is 0 Å². The third-order valence-corrected chi connectivity index (χ3v) is 9.32. The van der Waals surface area contributed by atoms with E-state index in [4.69, 9.17) is 17.7 Å². The van der Waals surface area contributed by atoms with Crippen LogP contribution in [0.15, 0.2) is 0 Å². The minimum atomic E-state index is -2.44. The number of rotatable bonds is 8. The summed E-state index contributed by atoms with van der Waals surface area (Å²) in [5.74, 6) is -0.894. The van der Waals surface area contributed by atoms with Crippen LogP contribution >= 0.6 is 0 Å². The molecule has 0 bridgehead atoms. The summed E-state index contributed by atoms with van der Waals surface area (Å²) in [5.41, 5.74) is 0.397. The second-order valence-corrected chi connectivity index (χ2v) is 9.66. The van der Waals surface area contributed by atoms with Gasteiger partial charge in [0.1, 0.15) is 0 Å². The van der Waals surface area contributed by atoms with Crippen LogP contribution in [0.4, 0.5) is 0 Å². The standard InChI is InChI=1S/C10H22O6Si2/c1-6-13-18(5,14-7-2)8-17(15-9(3)11)16-10(4)12/h17H,6-8H2,1-5H3. The summed E-state index contributed by atoms with van der Waals surface area (Å²) in [6.07, 6.45) is 0. The first-order valence-electron chi connectivity index (χ1n) is 5.95. The maximum absolute atomic E-state index is 11.0. The maximum atomic E-state index is 11.0. The molecular formula is C10H22O6Si2. The molecule has 0 radical (unpaired) electrons. The summed E-state index contributed by atoms with van der Waals surface area (Å²) in [7, 11) is -4.86. The molecule has 6 nitrogen and oxygen atoms in total. The topological polar surface area (TPSA) is 71.1 Å². The fourth-order valence-corrected chi connectivity index (χ4v) is 7.68. The van der Waals surface area contributed by atoms with Crippen LogP contribution in [0.1, 0.15) is 27.7 Å². The van der Waals surface area contributed by atoms with Gasteiger partial charge < -0.3 is 17.7 Å². The Bertz CT molecular complexity index is 262. The molecule has 0 aromatic rings. The van der Waals surface area contributed by atoms with Crippen LogP contribution in [0.3, 0.4) is 0 Å². The molecule has 8 heteroatoms. The third kappa shape index (κ3) is 7.59. The summed E-state index contributed by atoms with van der Waals surface area (Å²) >= 11 is 0. The summed E-state index contributed by atoms with van der Waals surface area (Å²) < 4.78 is 21.4. The average molecular weight is 294 g/mol. The summed E-state index contributed by atoms with van der Waals surface area (Å²) in [6, 6.07) is 0. The highest BCUT2D eigenvalue weighted by Gasteiger charge is 2.39. The predicted octanol–water partition coefficient (Wildman–Crippen LogP) is 1.02. The highest BCUT2D eigenvalue weighted by molar-refractivity contribution is 6.78. The van der Waals surface area contributed by atoms with Gasteiger partial charge >= 0.3 is 17.8 Å². The zero-order valence-electron chi connectivity index (χ0n) is 11.6. The second kappa shape index (κ2) is 8.41. The Morgan fingerprint density at radius 3 is 1.67 bits per heavy atom. The SMILES string of the molecule is CCO[Si](C)(C[SiH](OC(C)=O)OC(C)=O)OCC. The van der Waals surface area contributed by atoms with Crippen molar-refractivity contribution in [2.45, 2.75) is 39.9 Å². The molecule has 0 amide bonds. The second-order valence-electron chi connectivity index (χ2n) is 3.85. The molecule has 0 aromatic carbocycles. The van der Waals surface area contributed by atoms with Gasteiger partial charge in [0.2, 0.25) is 0 Å². The van der Waals surface area contributed by atoms with Crippen molar-refractivity contribution in [1.82, 2.24) is 0 Å². The van der Waals surface area contributed by atoms with Gasteiger partial charge in [0.15, 0.2) is 0 Å². The van der Waals surface area contributed by atoms with Crippen LogP contribution in [-0.4, -0.2) is 43.0 Å². The number of carbonyl (C=O) groups excluding carboxylic acids is 2. The lowest BCUT2D eigenvalue weighted by molar-refractivity contribution is -0.137. The van der Waals surface area contributed by atoms with Crippen molar-refractivity contribution in [2.75, 3.05) is 13.2 Å². The van der Waals surface area contributed by atoms with E-state index in [-0.39, 0.29) is 0 Å². The minimum Gasteiger partial charge on any atom is -0.487 e. The largest absolute Gasteiger partial charge is 0.487 e. The van der Waals surface area contributed by atoms with Crippen LogP contribution in [-0.2, 0) is 27.3 Å². The molecular weight excluding hydrogens is 272 g/mol. The monoisotopic (exact) mass is 294 g/mol. The molecule has 0 aliphatic heterocycles. The maximum Gasteiger partial charge on any atom is 0.450 e. The Labute approximate surface area is 111 Å². The first-order chi connectivity index (χ1) is 8.33. The quantitative estimate of drug-likeness (QED) is 0.622. The van der Waals surface area contributed by atoms with Crippen LogP contribution < -0.4 is 0 Å². The third-order valence-electron chi connectivity index (χ3n) is 2.03. The number of hydrogen-bond acceptors (Lipinski definition) is 6. The number of hydrogen-bond donors (Lipinski definition) is 0. The molecule has 0 aliphatic rings. The van der Waals surface area contributed by atoms with Crippen molar-refractivity contribution in [3.63, 3.8) is 0 Å². The summed E-state index contributed by atoms with van der Waals surface area (Å²) in [6.45, 7) is 9.26. The van der Waals surface area contributed by atoms with Crippen molar-refractivity contribution in [2.24, 2.45) is 0 Å². The number of carbonyl (C=O) groups is 2. The zero-order chi connectivity index (χ0) is 14.2. The zero-order valence-corrected chi connectivity index (χ0v) is 13.8. The molecule has 0 spiro atoms. The molecule has 0 aromatic heterocycles. The van der Waals surface area contributed by atoms with E-state index in [1.807, 2.05) is 20.4 Å². The Morgan fingerprint density at radius 2 is 1.39 bits per heavy atom. The van der Waals surface area contributed by atoms with Crippen molar-refractivity contribution in [3.8, 4) is 0 Å². The van der Waals surface area contributed by atoms with Gasteiger partial charge in [-0.1, -0.05) is 0 Å². The van der Waals surface area contributed by atoms with Gasteiger partial charge in [0, 0.05) is 27.1 Å². The summed E-state index contributed by atoms with van der Waals surface area (Å²) in [4.78, 5) is 22.0. The van der Waals surface area contributed by atoms with E-state index >= 15 is 0 Å². The van der Waals surface area contributed by atoms with E-state index in [2.05, 4.69) is 0 Å². The smallest absolute Gasteiger partial charge is 0.450 e. The van der Waals surface area contributed by atoms with Crippen molar-refractivity contribution < 1.29 is 27.3 Å². The van der Waals surface area contributed by atoms with Gasteiger partial charge in [-0.05, 0) is 20.4 Å². The normalized spacial score (nSPS) is 11.4. The van der Waals surface area contributed by atoms with Crippen LogP contribution in [0, 0.1) is 0 Å². The average Bonchev–Trinajstić information content (AvgIpc) is 2.14. The van der Waals surface area contributed by atoms with Gasteiger partial charge in [0.25, 0.3) is 11.9 Å². The lowest BCUT2D eigenvalue weighted by atomic mass is 10.9. The minimum absolute atomic E-state index is 0.397.